The summed E-state index contributed by atoms with van der Waals surface area (Å²) in [5, 5.41) is 5.68. The molecular weight excluding hydrogens is 256 g/mol. The molecule has 0 saturated carbocycles. The molecule has 104 valence electrons. The second-order valence-electron chi connectivity index (χ2n) is 6.28. The number of rotatable bonds is 2. The van der Waals surface area contributed by atoms with E-state index < -0.39 is 5.41 Å². The van der Waals surface area contributed by atoms with Crippen molar-refractivity contribution < 1.29 is 4.79 Å². The second-order valence-corrected chi connectivity index (χ2v) is 7.23. The maximum Gasteiger partial charge on any atom is 0.233 e. The lowest BCUT2D eigenvalue weighted by molar-refractivity contribution is -0.136. The number of nitrogens with zero attached hydrogens (tertiary/aromatic N) is 1. The molecule has 3 heterocycles. The zero-order valence-corrected chi connectivity index (χ0v) is 12.5. The number of nitrogens with one attached hydrogen (secondary N) is 1. The Morgan fingerprint density at radius 1 is 1.37 bits per heavy atom. The van der Waals surface area contributed by atoms with Crippen LogP contribution in [0.2, 0.25) is 0 Å². The number of carbonyl (C=O) groups is 1. The first kappa shape index (κ1) is 13.1. The molecule has 19 heavy (non-hydrogen) atoms. The minimum atomic E-state index is -0.391. The second kappa shape index (κ2) is 4.91. The molecule has 1 aromatic heterocycles. The van der Waals surface area contributed by atoms with Crippen LogP contribution in [0, 0.1) is 0 Å². The molecular formula is C15H22N2OS. The molecule has 0 radical (unpaired) electrons. The van der Waals surface area contributed by atoms with E-state index in [1.165, 1.54) is 17.7 Å². The van der Waals surface area contributed by atoms with Crippen molar-refractivity contribution in [3.8, 4) is 0 Å². The van der Waals surface area contributed by atoms with Gasteiger partial charge in [-0.05, 0) is 44.6 Å². The smallest absolute Gasteiger partial charge is 0.233 e. The van der Waals surface area contributed by atoms with Crippen LogP contribution in [0.4, 0.5) is 0 Å². The molecule has 2 saturated heterocycles. The third-order valence-electron chi connectivity index (χ3n) is 4.48. The summed E-state index contributed by atoms with van der Waals surface area (Å²) in [6, 6.07) is 5.24. The highest BCUT2D eigenvalue weighted by Gasteiger charge is 2.38. The van der Waals surface area contributed by atoms with Gasteiger partial charge in [0.15, 0.2) is 0 Å². The van der Waals surface area contributed by atoms with E-state index in [0.717, 1.165) is 19.5 Å². The first-order valence-electron chi connectivity index (χ1n) is 7.17. The largest absolute Gasteiger partial charge is 0.340 e. The highest BCUT2D eigenvalue weighted by atomic mass is 32.1. The van der Waals surface area contributed by atoms with E-state index in [1.807, 2.05) is 6.07 Å². The topological polar surface area (TPSA) is 32.3 Å². The van der Waals surface area contributed by atoms with Crippen LogP contribution >= 0.6 is 11.3 Å². The van der Waals surface area contributed by atoms with Crippen LogP contribution in [-0.4, -0.2) is 36.0 Å². The number of likely N-dealkylation sites (tertiary alicyclic amines) is 1. The summed E-state index contributed by atoms with van der Waals surface area (Å²) in [5.74, 6) is 0.282. The van der Waals surface area contributed by atoms with Gasteiger partial charge < -0.3 is 10.2 Å². The zero-order valence-electron chi connectivity index (χ0n) is 11.7. The Balaban J connectivity index is 1.76. The van der Waals surface area contributed by atoms with Crippen LogP contribution in [0.3, 0.4) is 0 Å². The number of thiophene rings is 1. The van der Waals surface area contributed by atoms with Crippen molar-refractivity contribution in [3.63, 3.8) is 0 Å². The lowest BCUT2D eigenvalue weighted by atomic mass is 9.89. The Labute approximate surface area is 119 Å². The van der Waals surface area contributed by atoms with Gasteiger partial charge in [0.25, 0.3) is 0 Å². The van der Waals surface area contributed by atoms with Gasteiger partial charge in [-0.3, -0.25) is 4.79 Å². The highest BCUT2D eigenvalue weighted by molar-refractivity contribution is 7.10. The van der Waals surface area contributed by atoms with E-state index in [-0.39, 0.29) is 5.91 Å². The summed E-state index contributed by atoms with van der Waals surface area (Å²) < 4.78 is 0. The van der Waals surface area contributed by atoms with Crippen LogP contribution in [-0.2, 0) is 10.2 Å². The predicted molar refractivity (Wildman–Crippen MR) is 78.5 cm³/mol. The summed E-state index contributed by atoms with van der Waals surface area (Å²) in [6.45, 7) is 5.89. The standard InChI is InChI=1S/C15H22N2OS/c1-15(2,13-4-3-9-19-13)14(18)17-8-7-11-5-6-12(10-17)16-11/h3-4,9,11-12,16H,5-8,10H2,1-2H3. The average molecular weight is 278 g/mol. The van der Waals surface area contributed by atoms with E-state index in [2.05, 4.69) is 35.5 Å². The monoisotopic (exact) mass is 278 g/mol. The molecule has 3 rings (SSSR count). The van der Waals surface area contributed by atoms with Crippen molar-refractivity contribution >= 4 is 17.2 Å². The quantitative estimate of drug-likeness (QED) is 0.901. The first-order chi connectivity index (χ1) is 9.07. The average Bonchev–Trinajstić information content (AvgIpc) is 2.98. The van der Waals surface area contributed by atoms with E-state index in [0.29, 0.717) is 12.1 Å². The van der Waals surface area contributed by atoms with Crippen molar-refractivity contribution in [1.82, 2.24) is 10.2 Å². The Morgan fingerprint density at radius 3 is 2.89 bits per heavy atom. The van der Waals surface area contributed by atoms with Gasteiger partial charge in [-0.1, -0.05) is 6.07 Å². The molecule has 0 aliphatic carbocycles. The molecule has 4 heteroatoms. The number of carbonyl (C=O) groups excluding carboxylic acids is 1. The molecule has 3 nitrogen and oxygen atoms in total. The molecule has 1 amide bonds. The number of hydrogen-bond donors (Lipinski definition) is 1. The Kier molecular flexibility index (Phi) is 3.39. The molecule has 2 bridgehead atoms. The number of amides is 1. The van der Waals surface area contributed by atoms with Gasteiger partial charge in [-0.25, -0.2) is 0 Å². The maximum absolute atomic E-state index is 12.9. The normalized spacial score (nSPS) is 27.4. The molecule has 2 unspecified atom stereocenters. The summed E-state index contributed by atoms with van der Waals surface area (Å²) in [7, 11) is 0. The lowest BCUT2D eigenvalue weighted by Crippen LogP contribution is -2.46. The Hall–Kier alpha value is -0.870. The number of fused-ring (bicyclic) bond motifs is 2. The molecule has 2 aliphatic rings. The first-order valence-corrected chi connectivity index (χ1v) is 8.05. The van der Waals surface area contributed by atoms with Gasteiger partial charge in [-0.15, -0.1) is 11.3 Å². The van der Waals surface area contributed by atoms with Gasteiger partial charge >= 0.3 is 0 Å². The van der Waals surface area contributed by atoms with Crippen molar-refractivity contribution in [2.75, 3.05) is 13.1 Å². The third kappa shape index (κ3) is 2.43. The van der Waals surface area contributed by atoms with E-state index >= 15 is 0 Å². The Morgan fingerprint density at radius 2 is 2.16 bits per heavy atom. The number of hydrogen-bond acceptors (Lipinski definition) is 3. The fraction of sp³-hybridized carbons (Fsp3) is 0.667. The van der Waals surface area contributed by atoms with Crippen molar-refractivity contribution in [3.05, 3.63) is 22.4 Å². The molecule has 2 fully saturated rings. The SMILES string of the molecule is CC(C)(C(=O)N1CCC2CCC(C1)N2)c1cccs1. The van der Waals surface area contributed by atoms with Crippen LogP contribution in [0.1, 0.15) is 38.0 Å². The van der Waals surface area contributed by atoms with E-state index in [9.17, 15) is 4.79 Å². The zero-order chi connectivity index (χ0) is 13.5. The van der Waals surface area contributed by atoms with Crippen LogP contribution in [0.15, 0.2) is 17.5 Å². The van der Waals surface area contributed by atoms with Gasteiger partial charge in [0.1, 0.15) is 0 Å². The molecule has 2 atom stereocenters. The summed E-state index contributed by atoms with van der Waals surface area (Å²) in [5.41, 5.74) is -0.391. The van der Waals surface area contributed by atoms with Crippen molar-refractivity contribution in [1.29, 1.82) is 0 Å². The predicted octanol–water partition coefficient (Wildman–Crippen LogP) is 2.38. The van der Waals surface area contributed by atoms with Crippen LogP contribution < -0.4 is 5.32 Å². The van der Waals surface area contributed by atoms with Gasteiger partial charge in [0.2, 0.25) is 5.91 Å². The highest BCUT2D eigenvalue weighted by Crippen LogP contribution is 2.31. The molecule has 1 N–H and O–H groups in total. The van der Waals surface area contributed by atoms with Crippen molar-refractivity contribution in [2.45, 2.75) is 50.6 Å². The van der Waals surface area contributed by atoms with Crippen LogP contribution in [0.25, 0.3) is 0 Å². The minimum Gasteiger partial charge on any atom is -0.340 e. The summed E-state index contributed by atoms with van der Waals surface area (Å²) >= 11 is 1.68. The van der Waals surface area contributed by atoms with Crippen molar-refractivity contribution in [2.24, 2.45) is 0 Å². The maximum atomic E-state index is 12.9. The van der Waals surface area contributed by atoms with Gasteiger partial charge in [0, 0.05) is 30.1 Å². The van der Waals surface area contributed by atoms with Crippen LogP contribution in [0.5, 0.6) is 0 Å². The fourth-order valence-corrected chi connectivity index (χ4v) is 4.11. The van der Waals surface area contributed by atoms with E-state index in [1.54, 1.807) is 11.3 Å². The Bertz CT molecular complexity index is 455. The molecule has 0 spiro atoms. The van der Waals surface area contributed by atoms with Gasteiger partial charge in [0.05, 0.1) is 5.41 Å². The summed E-state index contributed by atoms with van der Waals surface area (Å²) in [6.07, 6.45) is 3.59. The summed E-state index contributed by atoms with van der Waals surface area (Å²) in [4.78, 5) is 16.1. The molecule has 1 aromatic rings. The molecule has 0 aromatic carbocycles. The third-order valence-corrected chi connectivity index (χ3v) is 5.68. The fourth-order valence-electron chi connectivity index (χ4n) is 3.26. The van der Waals surface area contributed by atoms with Gasteiger partial charge in [-0.2, -0.15) is 0 Å². The van der Waals surface area contributed by atoms with E-state index in [4.69, 9.17) is 0 Å². The molecule has 2 aliphatic heterocycles. The lowest BCUT2D eigenvalue weighted by Gasteiger charge is -2.32. The minimum absolute atomic E-state index is 0.282.